The minimum atomic E-state index is 0.0794. The predicted molar refractivity (Wildman–Crippen MR) is 58.2 cm³/mol. The Morgan fingerprint density at radius 2 is 2.27 bits per heavy atom. The van der Waals surface area contributed by atoms with E-state index in [2.05, 4.69) is 12.1 Å². The summed E-state index contributed by atoms with van der Waals surface area (Å²) in [5.74, 6) is 1.53. The number of aliphatic hydroxyl groups is 1. The molecule has 0 spiro atoms. The Bertz CT molecular complexity index is 401. The van der Waals surface area contributed by atoms with Crippen molar-refractivity contribution in [3.05, 3.63) is 40.8 Å². The van der Waals surface area contributed by atoms with Crippen molar-refractivity contribution < 1.29 is 5.11 Å². The molecule has 2 rings (SSSR count). The van der Waals surface area contributed by atoms with E-state index in [9.17, 15) is 0 Å². The fourth-order valence-corrected chi connectivity index (χ4v) is 1.75. The molecule has 1 aliphatic rings. The molecule has 0 amide bonds. The largest absolute Gasteiger partial charge is 0.395 e. The molecular formula is C13H14NO. The zero-order chi connectivity index (χ0) is 10.8. The maximum Gasteiger partial charge on any atom is 0.0994 e. The van der Waals surface area contributed by atoms with Gasteiger partial charge in [0.2, 0.25) is 0 Å². The monoisotopic (exact) mass is 200 g/mol. The Balaban J connectivity index is 2.37. The fourth-order valence-electron chi connectivity index (χ4n) is 1.75. The lowest BCUT2D eigenvalue weighted by Crippen LogP contribution is -2.01. The van der Waals surface area contributed by atoms with Crippen LogP contribution < -0.4 is 0 Å². The highest BCUT2D eigenvalue weighted by Gasteiger charge is 2.26. The average molecular weight is 200 g/mol. The lowest BCUT2D eigenvalue weighted by Gasteiger charge is -2.10. The first-order valence-electron chi connectivity index (χ1n) is 5.24. The first-order valence-corrected chi connectivity index (χ1v) is 5.24. The van der Waals surface area contributed by atoms with Crippen LogP contribution in [0.1, 0.15) is 42.4 Å². The minimum absolute atomic E-state index is 0.0794. The number of nitriles is 1. The van der Waals surface area contributed by atoms with Gasteiger partial charge in [-0.2, -0.15) is 5.26 Å². The van der Waals surface area contributed by atoms with Crippen molar-refractivity contribution in [2.24, 2.45) is 0 Å². The smallest absolute Gasteiger partial charge is 0.0994 e. The number of benzene rings is 1. The van der Waals surface area contributed by atoms with Crippen LogP contribution in [-0.4, -0.2) is 11.7 Å². The zero-order valence-corrected chi connectivity index (χ0v) is 8.83. The Kier molecular flexibility index (Phi) is 2.75. The maximum atomic E-state index is 9.06. The van der Waals surface area contributed by atoms with E-state index in [0.717, 1.165) is 22.6 Å². The van der Waals surface area contributed by atoms with Gasteiger partial charge in [-0.25, -0.2) is 0 Å². The van der Waals surface area contributed by atoms with Crippen molar-refractivity contribution in [2.45, 2.75) is 25.7 Å². The van der Waals surface area contributed by atoms with Crippen molar-refractivity contribution in [3.8, 4) is 6.07 Å². The van der Waals surface area contributed by atoms with Gasteiger partial charge in [0.25, 0.3) is 0 Å². The molecule has 1 aromatic carbocycles. The molecule has 1 N–H and O–H groups in total. The molecule has 0 aliphatic heterocycles. The summed E-state index contributed by atoms with van der Waals surface area (Å²) < 4.78 is 0. The molecule has 0 bridgehead atoms. The summed E-state index contributed by atoms with van der Waals surface area (Å²) in [6, 6.07) is 8.06. The third-order valence-electron chi connectivity index (χ3n) is 2.92. The van der Waals surface area contributed by atoms with E-state index in [1.54, 1.807) is 0 Å². The maximum absolute atomic E-state index is 9.06. The zero-order valence-electron chi connectivity index (χ0n) is 8.83. The van der Waals surface area contributed by atoms with Gasteiger partial charge in [0.05, 0.1) is 18.2 Å². The summed E-state index contributed by atoms with van der Waals surface area (Å²) in [7, 11) is 0. The molecule has 15 heavy (non-hydrogen) atoms. The molecule has 77 valence electrons. The van der Waals surface area contributed by atoms with Gasteiger partial charge in [-0.15, -0.1) is 0 Å². The second-order valence-electron chi connectivity index (χ2n) is 4.13. The first kappa shape index (κ1) is 10.2. The van der Waals surface area contributed by atoms with Gasteiger partial charge >= 0.3 is 0 Å². The molecule has 1 aliphatic carbocycles. The predicted octanol–water partition coefficient (Wildman–Crippen LogP) is 2.37. The summed E-state index contributed by atoms with van der Waals surface area (Å²) in [4.78, 5) is 0. The van der Waals surface area contributed by atoms with Crippen molar-refractivity contribution >= 4 is 0 Å². The van der Waals surface area contributed by atoms with Crippen LogP contribution in [0.4, 0.5) is 0 Å². The molecule has 2 heteroatoms. The van der Waals surface area contributed by atoms with Gasteiger partial charge < -0.3 is 5.11 Å². The van der Waals surface area contributed by atoms with Crippen LogP contribution in [0.5, 0.6) is 0 Å². The molecule has 2 nitrogen and oxygen atoms in total. The second-order valence-corrected chi connectivity index (χ2v) is 4.13. The Morgan fingerprint density at radius 1 is 1.53 bits per heavy atom. The van der Waals surface area contributed by atoms with Gasteiger partial charge in [-0.3, -0.25) is 0 Å². The van der Waals surface area contributed by atoms with E-state index in [1.165, 1.54) is 12.8 Å². The van der Waals surface area contributed by atoms with E-state index >= 15 is 0 Å². The van der Waals surface area contributed by atoms with E-state index in [-0.39, 0.29) is 6.61 Å². The van der Waals surface area contributed by atoms with Gasteiger partial charge in [-0.1, -0.05) is 19.1 Å². The number of rotatable bonds is 3. The van der Waals surface area contributed by atoms with Crippen LogP contribution >= 0.6 is 0 Å². The number of nitrogens with zero attached hydrogens (tertiary/aromatic N) is 1. The number of hydrogen-bond donors (Lipinski definition) is 1. The topological polar surface area (TPSA) is 44.0 Å². The van der Waals surface area contributed by atoms with E-state index in [4.69, 9.17) is 10.4 Å². The number of hydrogen-bond acceptors (Lipinski definition) is 2. The third-order valence-corrected chi connectivity index (χ3v) is 2.92. The molecule has 0 aromatic heterocycles. The summed E-state index contributed by atoms with van der Waals surface area (Å²) in [6.07, 6.45) is 2.38. The summed E-state index contributed by atoms with van der Waals surface area (Å²) in [6.45, 7) is 1.99. The summed E-state index contributed by atoms with van der Waals surface area (Å²) in [5, 5.41) is 18.0. The third kappa shape index (κ3) is 2.03. The number of aliphatic hydroxyl groups excluding tert-OH is 1. The van der Waals surface area contributed by atoms with Gasteiger partial charge in [-0.05, 0) is 36.0 Å². The van der Waals surface area contributed by atoms with Gasteiger partial charge in [0, 0.05) is 5.92 Å². The molecule has 1 fully saturated rings. The van der Waals surface area contributed by atoms with E-state index in [0.29, 0.717) is 5.92 Å². The normalized spacial score (nSPS) is 15.3. The molecule has 0 unspecified atom stereocenters. The van der Waals surface area contributed by atoms with Crippen LogP contribution in [0.3, 0.4) is 0 Å². The molecule has 0 atom stereocenters. The average Bonchev–Trinajstić information content (AvgIpc) is 3.11. The second kappa shape index (κ2) is 4.04. The highest BCUT2D eigenvalue weighted by molar-refractivity contribution is 5.47. The Hall–Kier alpha value is -1.33. The van der Waals surface area contributed by atoms with Crippen LogP contribution in [-0.2, 0) is 0 Å². The van der Waals surface area contributed by atoms with Crippen molar-refractivity contribution in [1.82, 2.24) is 0 Å². The minimum Gasteiger partial charge on any atom is -0.395 e. The molecule has 1 saturated carbocycles. The van der Waals surface area contributed by atoms with Gasteiger partial charge in [0.1, 0.15) is 0 Å². The quantitative estimate of drug-likeness (QED) is 0.814. The lowest BCUT2D eigenvalue weighted by molar-refractivity contribution is 0.315. The SMILES string of the molecule is C[C](CO)c1ccc(C#N)c(C2CC2)c1. The van der Waals surface area contributed by atoms with E-state index in [1.807, 2.05) is 19.1 Å². The van der Waals surface area contributed by atoms with Crippen LogP contribution in [0.15, 0.2) is 18.2 Å². The standard InChI is InChI=1S/C13H14NO/c1-9(8-15)11-4-5-12(7-14)13(6-11)10-2-3-10/h4-6,10,15H,2-3,8H2,1H3. The van der Waals surface area contributed by atoms with Crippen molar-refractivity contribution in [2.75, 3.05) is 6.61 Å². The molecular weight excluding hydrogens is 186 g/mol. The molecule has 0 heterocycles. The van der Waals surface area contributed by atoms with Crippen molar-refractivity contribution in [1.29, 1.82) is 5.26 Å². The molecule has 1 radical (unpaired) electrons. The molecule has 1 aromatic rings. The van der Waals surface area contributed by atoms with E-state index < -0.39 is 0 Å². The summed E-state index contributed by atoms with van der Waals surface area (Å²) in [5.41, 5.74) is 2.99. The summed E-state index contributed by atoms with van der Waals surface area (Å²) >= 11 is 0. The molecule has 0 saturated heterocycles. The first-order chi connectivity index (χ1) is 7.26. The fraction of sp³-hybridized carbons (Fsp3) is 0.385. The highest BCUT2D eigenvalue weighted by atomic mass is 16.3. The Labute approximate surface area is 90.2 Å². The van der Waals surface area contributed by atoms with Gasteiger partial charge in [0.15, 0.2) is 0 Å². The van der Waals surface area contributed by atoms with Crippen LogP contribution in [0.2, 0.25) is 0 Å². The lowest BCUT2D eigenvalue weighted by atomic mass is 9.95. The highest BCUT2D eigenvalue weighted by Crippen LogP contribution is 2.42. The Morgan fingerprint density at radius 3 is 2.80 bits per heavy atom. The van der Waals surface area contributed by atoms with Crippen LogP contribution in [0, 0.1) is 17.2 Å². The van der Waals surface area contributed by atoms with Crippen molar-refractivity contribution in [3.63, 3.8) is 0 Å². The van der Waals surface area contributed by atoms with Crippen LogP contribution in [0.25, 0.3) is 0 Å².